The first kappa shape index (κ1) is 44.8. The molecular formula is C41H67N6O10P. The summed E-state index contributed by atoms with van der Waals surface area (Å²) in [5.74, 6) is 2.21. The highest BCUT2D eigenvalue weighted by molar-refractivity contribution is 7.53. The Balaban J connectivity index is 0.930. The van der Waals surface area contributed by atoms with E-state index in [1.54, 1.807) is 10.9 Å². The summed E-state index contributed by atoms with van der Waals surface area (Å²) in [6.07, 6.45) is 11.9. The van der Waals surface area contributed by atoms with E-state index in [4.69, 9.17) is 34.7 Å². The third-order valence-electron chi connectivity index (χ3n) is 14.5. The number of rotatable bonds is 20. The molecule has 0 amide bonds. The zero-order chi connectivity index (χ0) is 41.7. The number of imidazole rings is 1. The fraction of sp³-hybridized carbons (Fsp3) is 0.829. The Kier molecular flexibility index (Phi) is 14.9. The zero-order valence-electron chi connectivity index (χ0n) is 34.8. The van der Waals surface area contributed by atoms with Crippen LogP contribution in [0.4, 0.5) is 5.82 Å². The smallest absolute Gasteiger partial charge is 0.356 e. The number of carbonyl (C=O) groups is 2. The minimum Gasteiger partial charge on any atom is -0.466 e. The molecule has 0 spiro atoms. The third-order valence-corrected chi connectivity index (χ3v) is 16.1. The summed E-state index contributed by atoms with van der Waals surface area (Å²) in [5, 5.41) is 22.3. The van der Waals surface area contributed by atoms with Crippen molar-refractivity contribution in [1.29, 1.82) is 0 Å². The van der Waals surface area contributed by atoms with Crippen molar-refractivity contribution in [2.24, 2.45) is 52.1 Å². The largest absolute Gasteiger partial charge is 0.466 e. The number of aliphatic hydroxyl groups excluding tert-OH is 2. The van der Waals surface area contributed by atoms with E-state index in [1.165, 1.54) is 26.1 Å². The van der Waals surface area contributed by atoms with E-state index in [2.05, 4.69) is 35.7 Å². The Bertz CT molecular complexity index is 1750. The molecule has 4 aliphatic carbocycles. The van der Waals surface area contributed by atoms with Gasteiger partial charge in [-0.2, -0.15) is 0 Å². The summed E-state index contributed by atoms with van der Waals surface area (Å²) in [5.41, 5.74) is 12.5. The summed E-state index contributed by atoms with van der Waals surface area (Å²) >= 11 is 0. The van der Waals surface area contributed by atoms with Crippen LogP contribution in [0, 0.1) is 46.3 Å². The average molecular weight is 835 g/mol. The molecule has 4 saturated carbocycles. The maximum absolute atomic E-state index is 13.7. The number of nitrogen functional groups attached to an aromatic ring is 1. The van der Waals surface area contributed by atoms with Gasteiger partial charge in [-0.25, -0.2) is 15.0 Å². The number of hydrogen-bond acceptors (Lipinski definition) is 15. The van der Waals surface area contributed by atoms with Gasteiger partial charge in [0.1, 0.15) is 24.2 Å². The molecule has 0 radical (unpaired) electrons. The van der Waals surface area contributed by atoms with Crippen LogP contribution < -0.4 is 11.5 Å². The first-order valence-electron chi connectivity index (χ1n) is 21.5. The third kappa shape index (κ3) is 9.90. The van der Waals surface area contributed by atoms with Gasteiger partial charge in [0.25, 0.3) is 0 Å². The maximum Gasteiger partial charge on any atom is 0.356 e. The Labute approximate surface area is 342 Å². The number of aromatic nitrogens is 4. The fourth-order valence-electron chi connectivity index (χ4n) is 11.3. The number of ether oxygens (including phenoxy) is 3. The number of carbonyl (C=O) groups excluding carboxylic acids is 2. The molecular weight excluding hydrogens is 767 g/mol. The van der Waals surface area contributed by atoms with Crippen molar-refractivity contribution in [2.75, 3.05) is 45.1 Å². The van der Waals surface area contributed by atoms with Crippen LogP contribution in [0.3, 0.4) is 0 Å². The Morgan fingerprint density at radius 2 is 1.69 bits per heavy atom. The molecule has 6 N–H and O–H groups in total. The van der Waals surface area contributed by atoms with E-state index in [0.717, 1.165) is 38.5 Å². The molecule has 4 aliphatic rings. The number of nitrogens with two attached hydrogens (primary N) is 2. The molecule has 6 rings (SSSR count). The van der Waals surface area contributed by atoms with Crippen LogP contribution in [0.25, 0.3) is 11.2 Å². The van der Waals surface area contributed by atoms with Crippen molar-refractivity contribution >= 4 is 36.5 Å². The van der Waals surface area contributed by atoms with Gasteiger partial charge >= 0.3 is 19.5 Å². The average Bonchev–Trinajstić information content (AvgIpc) is 3.78. The number of nitrogens with zero attached hydrogens (tertiary/aromatic N) is 4. The number of fused-ring (bicyclic) bond motifs is 6. The number of hydrogen-bond donors (Lipinski definition) is 4. The topological polar surface area (TPSA) is 233 Å². The maximum atomic E-state index is 13.7. The second-order valence-electron chi connectivity index (χ2n) is 18.0. The molecule has 2 heterocycles. The number of anilines is 1. The molecule has 17 heteroatoms. The second kappa shape index (κ2) is 19.3. The second-order valence-corrected chi connectivity index (χ2v) is 20.0. The molecule has 12 atom stereocenters. The summed E-state index contributed by atoms with van der Waals surface area (Å²) in [4.78, 5) is 37.0. The van der Waals surface area contributed by atoms with E-state index in [1.807, 2.05) is 0 Å². The lowest BCUT2D eigenvalue weighted by Crippen LogP contribution is -2.58. The van der Waals surface area contributed by atoms with Crippen LogP contribution in [0.1, 0.15) is 105 Å². The molecule has 2 aromatic rings. The van der Waals surface area contributed by atoms with Gasteiger partial charge in [-0.15, -0.1) is 0 Å². The van der Waals surface area contributed by atoms with Crippen LogP contribution in [0.15, 0.2) is 12.7 Å². The monoisotopic (exact) mass is 834 g/mol. The predicted molar refractivity (Wildman–Crippen MR) is 216 cm³/mol. The van der Waals surface area contributed by atoms with Gasteiger partial charge in [0.2, 0.25) is 0 Å². The van der Waals surface area contributed by atoms with Gasteiger partial charge in [0.15, 0.2) is 11.5 Å². The van der Waals surface area contributed by atoms with Crippen LogP contribution in [0.5, 0.6) is 0 Å². The SMILES string of the molecule is C[C@H](CCC(=O)OCCCOP(=O)(COCCn1cnc2c(N)ncnc21)OCCCOC(=O)[C@@H](C)N)[C@H]1CC[C@H]2[C@@H]3CC[C@@H]4C[C@H](O)CC[C@]4(C)[C@H]3C[C@H](O)[C@]12C. The number of esters is 2. The van der Waals surface area contributed by atoms with Gasteiger partial charge in [-0.3, -0.25) is 14.2 Å². The molecule has 0 bridgehead atoms. The molecule has 58 heavy (non-hydrogen) atoms. The van der Waals surface area contributed by atoms with E-state index in [-0.39, 0.29) is 93.0 Å². The van der Waals surface area contributed by atoms with Crippen LogP contribution in [-0.4, -0.2) is 99.3 Å². The lowest BCUT2D eigenvalue weighted by atomic mass is 9.43. The zero-order valence-corrected chi connectivity index (χ0v) is 35.7. The molecule has 0 saturated heterocycles. The van der Waals surface area contributed by atoms with E-state index >= 15 is 0 Å². The Morgan fingerprint density at radius 3 is 2.43 bits per heavy atom. The van der Waals surface area contributed by atoms with E-state index in [0.29, 0.717) is 60.1 Å². The first-order valence-corrected chi connectivity index (χ1v) is 23.2. The van der Waals surface area contributed by atoms with Crippen molar-refractivity contribution in [3.05, 3.63) is 12.7 Å². The highest BCUT2D eigenvalue weighted by atomic mass is 31.2. The minimum atomic E-state index is -3.74. The molecule has 4 fully saturated rings. The van der Waals surface area contributed by atoms with E-state index in [9.17, 15) is 24.4 Å². The lowest BCUT2D eigenvalue weighted by Gasteiger charge is -2.62. The molecule has 0 aliphatic heterocycles. The molecule has 1 unspecified atom stereocenters. The Hall–Kier alpha value is -2.72. The predicted octanol–water partition coefficient (Wildman–Crippen LogP) is 5.23. The highest BCUT2D eigenvalue weighted by Gasteiger charge is 2.63. The van der Waals surface area contributed by atoms with Crippen molar-refractivity contribution in [3.63, 3.8) is 0 Å². The summed E-state index contributed by atoms with van der Waals surface area (Å²) in [6, 6.07) is -0.748. The van der Waals surface area contributed by atoms with Crippen LogP contribution in [-0.2, 0) is 44.0 Å². The van der Waals surface area contributed by atoms with E-state index < -0.39 is 19.6 Å². The highest BCUT2D eigenvalue weighted by Crippen LogP contribution is 2.68. The van der Waals surface area contributed by atoms with Crippen molar-refractivity contribution in [1.82, 2.24) is 19.5 Å². The van der Waals surface area contributed by atoms with Gasteiger partial charge < -0.3 is 49.5 Å². The van der Waals surface area contributed by atoms with Gasteiger partial charge in [-0.1, -0.05) is 20.8 Å². The van der Waals surface area contributed by atoms with Gasteiger partial charge in [0.05, 0.1) is 51.6 Å². The molecule has 16 nitrogen and oxygen atoms in total. The fourth-order valence-corrected chi connectivity index (χ4v) is 12.7. The molecule has 326 valence electrons. The quantitative estimate of drug-likeness (QED) is 0.0760. The van der Waals surface area contributed by atoms with Crippen molar-refractivity contribution in [2.45, 2.75) is 130 Å². The van der Waals surface area contributed by atoms with Crippen LogP contribution in [0.2, 0.25) is 0 Å². The minimum absolute atomic E-state index is 0.00764. The summed E-state index contributed by atoms with van der Waals surface area (Å²) < 4.78 is 43.1. The standard InChI is InChI=1S/C41H67N6O10P/c1-26(31-10-11-32-30-9-8-28-21-29(48)13-14-40(28,3)33(30)22-34(49)41(31,32)4)7-12-35(50)54-16-5-18-56-58(52,57-19-6-17-55-39(51)27(2)42)25-53-20-15-47-24-46-36-37(43)44-23-45-38(36)47/h23-24,26-34,48-49H,5-22,25,42H2,1-4H3,(H2,43,44,45)/t26-,27-,28-,29-,30+,31-,32+,33+,34+,40+,41-,58?/m1/s1. The van der Waals surface area contributed by atoms with Gasteiger partial charge in [-0.05, 0) is 111 Å². The summed E-state index contributed by atoms with van der Waals surface area (Å²) in [6.45, 7) is 9.17. The number of aliphatic hydroxyl groups is 2. The first-order chi connectivity index (χ1) is 27.7. The Morgan fingerprint density at radius 1 is 0.948 bits per heavy atom. The van der Waals surface area contributed by atoms with Crippen molar-refractivity contribution < 1.29 is 47.6 Å². The summed E-state index contributed by atoms with van der Waals surface area (Å²) in [7, 11) is -3.74. The molecule has 2 aromatic heterocycles. The normalized spacial score (nSPS) is 32.7. The van der Waals surface area contributed by atoms with Crippen LogP contribution >= 0.6 is 7.60 Å². The lowest BCUT2D eigenvalue weighted by molar-refractivity contribution is -0.175. The van der Waals surface area contributed by atoms with Gasteiger partial charge in [0, 0.05) is 25.8 Å². The van der Waals surface area contributed by atoms with Crippen molar-refractivity contribution in [3.8, 4) is 0 Å². The molecule has 0 aromatic carbocycles.